The van der Waals surface area contributed by atoms with Gasteiger partial charge >= 0.3 is 0 Å². The number of benzene rings is 1. The van der Waals surface area contributed by atoms with Crippen LogP contribution in [0.15, 0.2) is 42.6 Å². The Labute approximate surface area is 502 Å². The first-order valence-corrected chi connectivity index (χ1v) is 30.6. The number of rotatable bonds is 23. The van der Waals surface area contributed by atoms with Crippen LogP contribution < -0.4 is 43.4 Å². The van der Waals surface area contributed by atoms with Gasteiger partial charge in [-0.25, -0.2) is 0 Å². The van der Waals surface area contributed by atoms with Crippen LogP contribution in [0.2, 0.25) is 0 Å². The highest BCUT2D eigenvalue weighted by Gasteiger charge is 2.45. The summed E-state index contributed by atoms with van der Waals surface area (Å²) in [4.78, 5) is 167. The molecule has 1 aliphatic rings. The average Bonchev–Trinajstić information content (AvgIpc) is 2.81. The molecule has 0 bridgehead atoms. The van der Waals surface area contributed by atoms with E-state index in [2.05, 4.69) is 36.9 Å². The zero-order valence-electron chi connectivity index (χ0n) is 52.4. The van der Waals surface area contributed by atoms with Crippen molar-refractivity contribution in [1.82, 2.24) is 36.9 Å². The van der Waals surface area contributed by atoms with Crippen molar-refractivity contribution in [3.05, 3.63) is 48.2 Å². The minimum atomic E-state index is -1.65. The highest BCUT2D eigenvalue weighted by atomic mass is 16.2. The number of hydrogen-bond donors (Lipinski definition) is 9. The Morgan fingerprint density at radius 3 is 2.06 bits per heavy atom. The van der Waals surface area contributed by atoms with E-state index >= 15 is 0 Å². The van der Waals surface area contributed by atoms with Gasteiger partial charge in [0.05, 0.1) is 41.4 Å². The molecule has 6 amide bonds. The van der Waals surface area contributed by atoms with Gasteiger partial charge in [-0.1, -0.05) is 97.1 Å². The summed E-state index contributed by atoms with van der Waals surface area (Å²) in [5.74, 6) is -9.83. The predicted octanol–water partition coefficient (Wildman–Crippen LogP) is 5.56. The Morgan fingerprint density at radius 1 is 0.776 bits per heavy atom. The number of Topliss-reactive ketones (excluding diaryl/α,β-unsaturated/α-hetero) is 6. The monoisotopic (exact) mass is 1190 g/mol. The molecule has 0 aliphatic carbocycles. The number of unbranched alkanes of at least 4 members (excludes halogenated alkanes) is 1. The highest BCUT2D eigenvalue weighted by molar-refractivity contribution is 6.41. The van der Waals surface area contributed by atoms with Crippen molar-refractivity contribution < 1.29 is 57.5 Å². The Morgan fingerprint density at radius 2 is 1.42 bits per heavy atom. The van der Waals surface area contributed by atoms with Crippen LogP contribution in [-0.4, -0.2) is 124 Å². The Bertz CT molecular complexity index is 2720. The normalized spacial score (nSPS) is 25.1. The fourth-order valence-electron chi connectivity index (χ4n) is 10.9. The van der Waals surface area contributed by atoms with E-state index in [1.165, 1.54) is 41.5 Å². The first-order valence-electron chi connectivity index (χ1n) is 30.6. The van der Waals surface area contributed by atoms with Crippen LogP contribution in [0.4, 0.5) is 0 Å². The third-order valence-electron chi connectivity index (χ3n) is 16.5. The van der Waals surface area contributed by atoms with Crippen LogP contribution in [0.3, 0.4) is 0 Å². The quantitative estimate of drug-likeness (QED) is 0.0486. The molecule has 21 heteroatoms. The molecule has 4 unspecified atom stereocenters. The second kappa shape index (κ2) is 34.4. The molecular formula is C64H99N9O12. The maximum Gasteiger partial charge on any atom is 0.246 e. The van der Waals surface area contributed by atoms with Gasteiger partial charge < -0.3 is 48.4 Å². The van der Waals surface area contributed by atoms with Crippen LogP contribution in [0.1, 0.15) is 191 Å². The van der Waals surface area contributed by atoms with Crippen molar-refractivity contribution in [3.63, 3.8) is 0 Å². The number of carbonyl (C=O) groups excluding carboxylic acids is 12. The lowest BCUT2D eigenvalue weighted by Crippen LogP contribution is -2.61. The number of hydrogen-bond acceptors (Lipinski definition) is 14. The van der Waals surface area contributed by atoms with Gasteiger partial charge in [0.15, 0.2) is 0 Å². The van der Waals surface area contributed by atoms with E-state index in [9.17, 15) is 57.5 Å². The number of primary amides is 2. The zero-order valence-corrected chi connectivity index (χ0v) is 52.4. The van der Waals surface area contributed by atoms with Gasteiger partial charge in [-0.3, -0.25) is 57.5 Å². The number of para-hydroxylation sites is 1. The second-order valence-corrected chi connectivity index (χ2v) is 25.0. The number of nitrogens with two attached hydrogens (primary N) is 2. The predicted molar refractivity (Wildman–Crippen MR) is 326 cm³/mol. The maximum absolute atomic E-state index is 14.8. The molecule has 2 aromatic rings. The molecule has 472 valence electrons. The van der Waals surface area contributed by atoms with Crippen LogP contribution in [-0.2, 0) is 64.0 Å². The van der Waals surface area contributed by atoms with Crippen LogP contribution in [0.25, 0.3) is 10.9 Å². The average molecular weight is 1190 g/mol. The molecule has 2 heterocycles. The fraction of sp³-hybridized carbons (Fsp3) is 0.656. The summed E-state index contributed by atoms with van der Waals surface area (Å²) < 4.78 is 0. The molecule has 0 radical (unpaired) electrons. The Hall–Kier alpha value is -6.74. The summed E-state index contributed by atoms with van der Waals surface area (Å²) in [6, 6.07) is 1.39. The number of aromatic amines is 1. The zero-order chi connectivity index (χ0) is 63.8. The van der Waals surface area contributed by atoms with Gasteiger partial charge in [-0.2, -0.15) is 0 Å². The van der Waals surface area contributed by atoms with Gasteiger partial charge in [0, 0.05) is 54.9 Å². The van der Waals surface area contributed by atoms with Crippen molar-refractivity contribution in [2.45, 2.75) is 227 Å². The molecular weight excluding hydrogens is 1090 g/mol. The molecule has 1 aromatic heterocycles. The van der Waals surface area contributed by atoms with E-state index in [0.717, 1.165) is 48.6 Å². The van der Waals surface area contributed by atoms with Gasteiger partial charge in [0.25, 0.3) is 0 Å². The first kappa shape index (κ1) is 72.5. The summed E-state index contributed by atoms with van der Waals surface area (Å²) in [5, 5.41) is 17.8. The number of allylic oxidation sites excluding steroid dienone is 2. The lowest BCUT2D eigenvalue weighted by Gasteiger charge is -2.34. The van der Waals surface area contributed by atoms with E-state index < -0.39 is 117 Å². The largest absolute Gasteiger partial charge is 0.370 e. The standard InChI is InChI=1S/C64H99N9O12/c1-12-13-25-45(58(82)70-44(8)57(66)81)36-67-41(5)53(77)54(78)42(6)72-61(85)64(11)31-24-20-18-16-14-15-17-19-23-30-62(9,33-40(4)74)51(75)35-63(10,34-47-38-68-49-27-22-21-26-48(47)49)60(84)71-43(7)55(79)56(80)50(28-29-52(65)76)69-37-46(32-39(2)3)59(83)73-64/h16,18,21-22,26-27,38-39,41-46,50,67-69H,12-15,17,19-20,23-25,28-37H2,1-11H3,(H2,65,76)(H2,66,81)(H,70,82)(H,71,84)(H,72,85)(H,73,83)/b18-16+/t41?,42?,43?,44?,45-,46-,50+,62+,63-,64+/m1/s1. The van der Waals surface area contributed by atoms with Crippen LogP contribution in [0, 0.1) is 28.6 Å². The number of ketones is 6. The number of nitrogens with one attached hydrogen (secondary N) is 7. The summed E-state index contributed by atoms with van der Waals surface area (Å²) in [5.41, 5.74) is 8.23. The van der Waals surface area contributed by atoms with E-state index in [4.69, 9.17) is 11.5 Å². The van der Waals surface area contributed by atoms with Gasteiger partial charge in [-0.05, 0) is 123 Å². The van der Waals surface area contributed by atoms with Crippen molar-refractivity contribution >= 4 is 81.0 Å². The van der Waals surface area contributed by atoms with Crippen LogP contribution in [0.5, 0.6) is 0 Å². The van der Waals surface area contributed by atoms with Gasteiger partial charge in [0.1, 0.15) is 23.1 Å². The van der Waals surface area contributed by atoms with E-state index in [1.807, 2.05) is 57.2 Å². The molecule has 10 atom stereocenters. The summed E-state index contributed by atoms with van der Waals surface area (Å²) >= 11 is 0. The summed E-state index contributed by atoms with van der Waals surface area (Å²) in [7, 11) is 0. The third kappa shape index (κ3) is 22.9. The second-order valence-electron chi connectivity index (χ2n) is 25.0. The summed E-state index contributed by atoms with van der Waals surface area (Å²) in [6.45, 7) is 17.5. The minimum absolute atomic E-state index is 0.00987. The van der Waals surface area contributed by atoms with E-state index in [-0.39, 0.29) is 75.5 Å². The number of aromatic nitrogens is 1. The van der Waals surface area contributed by atoms with Gasteiger partial charge in [0.2, 0.25) is 58.6 Å². The molecule has 0 saturated heterocycles. The lowest BCUT2D eigenvalue weighted by atomic mass is 9.69. The van der Waals surface area contributed by atoms with Crippen molar-refractivity contribution in [2.75, 3.05) is 13.1 Å². The van der Waals surface area contributed by atoms with Crippen molar-refractivity contribution in [3.8, 4) is 0 Å². The molecule has 21 nitrogen and oxygen atoms in total. The SMILES string of the molecule is CCCC[C@H](CNC(C)C(=O)C(=O)C(C)NC(=O)[C@]1(C)CCC/C=C/CCCCCC[C@@](C)(CC(C)=O)C(=O)C[C@@](C)(Cc2c[nH]c3ccccc23)C(=O)NC(C)C(=O)C(=O)[C@H](CCC(N)=O)NC[C@@H](CC(C)C)C(=O)N1)C(=O)NC(C)C(N)=O. The fourth-order valence-corrected chi connectivity index (χ4v) is 10.9. The summed E-state index contributed by atoms with van der Waals surface area (Å²) in [6.07, 6.45) is 12.4. The maximum atomic E-state index is 14.8. The topological polar surface area (TPSA) is 345 Å². The molecule has 85 heavy (non-hydrogen) atoms. The molecule has 1 aliphatic heterocycles. The van der Waals surface area contributed by atoms with Gasteiger partial charge in [-0.15, -0.1) is 0 Å². The highest BCUT2D eigenvalue weighted by Crippen LogP contribution is 2.39. The van der Waals surface area contributed by atoms with E-state index in [0.29, 0.717) is 38.5 Å². The minimum Gasteiger partial charge on any atom is -0.370 e. The molecule has 0 saturated carbocycles. The van der Waals surface area contributed by atoms with Crippen molar-refractivity contribution in [2.24, 2.45) is 40.1 Å². The molecule has 3 rings (SSSR count). The number of H-pyrrole nitrogens is 1. The smallest absolute Gasteiger partial charge is 0.246 e. The number of carbonyl (C=O) groups is 12. The van der Waals surface area contributed by atoms with Crippen LogP contribution >= 0.6 is 0 Å². The molecule has 0 spiro atoms. The molecule has 11 N–H and O–H groups in total. The Kier molecular flexibility index (Phi) is 29.4. The van der Waals surface area contributed by atoms with E-state index in [1.54, 1.807) is 20.0 Å². The third-order valence-corrected chi connectivity index (χ3v) is 16.5. The first-order chi connectivity index (χ1) is 39.9. The van der Waals surface area contributed by atoms with Crippen molar-refractivity contribution in [1.29, 1.82) is 0 Å². The Balaban J connectivity index is 2.00. The number of fused-ring (bicyclic) bond motifs is 1. The lowest BCUT2D eigenvalue weighted by molar-refractivity contribution is -0.143. The molecule has 1 aromatic carbocycles. The molecule has 0 fully saturated rings. The number of amides is 6.